The molecule has 2 aromatic rings. The van der Waals surface area contributed by atoms with Gasteiger partial charge in [-0.15, -0.1) is 0 Å². The number of carbonyl (C=O) groups excluding carboxylic acids is 2. The number of benzene rings is 2. The molecular formula is C22H19F7N2O5. The zero-order valence-corrected chi connectivity index (χ0v) is 18.6. The van der Waals surface area contributed by atoms with E-state index in [1.54, 1.807) is 0 Å². The molecule has 1 aliphatic rings. The highest BCUT2D eigenvalue weighted by Crippen LogP contribution is 2.47. The van der Waals surface area contributed by atoms with Crippen molar-refractivity contribution in [2.45, 2.75) is 44.4 Å². The first-order chi connectivity index (χ1) is 16.5. The van der Waals surface area contributed by atoms with E-state index in [1.807, 2.05) is 0 Å². The molecule has 7 nitrogen and oxygen atoms in total. The van der Waals surface area contributed by atoms with Crippen molar-refractivity contribution in [2.24, 2.45) is 0 Å². The molecule has 36 heavy (non-hydrogen) atoms. The van der Waals surface area contributed by atoms with Gasteiger partial charge in [-0.25, -0.2) is 9.18 Å². The van der Waals surface area contributed by atoms with Crippen molar-refractivity contribution in [3.8, 4) is 5.75 Å². The molecule has 2 aromatic carbocycles. The van der Waals surface area contributed by atoms with Gasteiger partial charge in [-0.1, -0.05) is 0 Å². The van der Waals surface area contributed by atoms with Crippen LogP contribution in [0.25, 0.3) is 0 Å². The van der Waals surface area contributed by atoms with Crippen molar-refractivity contribution in [3.05, 3.63) is 53.3 Å². The predicted octanol–water partition coefficient (Wildman–Crippen LogP) is 4.35. The lowest BCUT2D eigenvalue weighted by molar-refractivity contribution is -0.143. The van der Waals surface area contributed by atoms with E-state index >= 15 is 0 Å². The van der Waals surface area contributed by atoms with Crippen LogP contribution in [0.3, 0.4) is 0 Å². The largest absolute Gasteiger partial charge is 0.420 e. The summed E-state index contributed by atoms with van der Waals surface area (Å²) >= 11 is 0. The number of aliphatic hydroxyl groups is 2. The lowest BCUT2D eigenvalue weighted by Gasteiger charge is -2.29. The summed E-state index contributed by atoms with van der Waals surface area (Å²) in [6.45, 7) is 2.02. The van der Waals surface area contributed by atoms with Crippen LogP contribution < -0.4 is 14.5 Å². The summed E-state index contributed by atoms with van der Waals surface area (Å²) in [5.74, 6) is -3.51. The van der Waals surface area contributed by atoms with Gasteiger partial charge in [0.15, 0.2) is 11.9 Å². The van der Waals surface area contributed by atoms with Crippen molar-refractivity contribution in [1.82, 2.24) is 0 Å². The molecule has 2 atom stereocenters. The first kappa shape index (κ1) is 27.2. The lowest BCUT2D eigenvalue weighted by Crippen LogP contribution is -2.40. The first-order valence-electron chi connectivity index (χ1n) is 10.3. The summed E-state index contributed by atoms with van der Waals surface area (Å²) in [6.07, 6.45) is -16.2. The van der Waals surface area contributed by atoms with Crippen LogP contribution in [-0.4, -0.2) is 47.0 Å². The molecule has 1 saturated heterocycles. The number of ether oxygens (including phenoxy) is 1. The number of amides is 2. The summed E-state index contributed by atoms with van der Waals surface area (Å²) in [5.41, 5.74) is -4.96. The number of hydrogen-bond acceptors (Lipinski definition) is 5. The lowest BCUT2D eigenvalue weighted by atomic mass is 10.1. The van der Waals surface area contributed by atoms with E-state index in [1.165, 1.54) is 13.8 Å². The van der Waals surface area contributed by atoms with E-state index in [9.17, 15) is 50.5 Å². The van der Waals surface area contributed by atoms with E-state index in [2.05, 4.69) is 0 Å². The summed E-state index contributed by atoms with van der Waals surface area (Å²) < 4.78 is 100. The fourth-order valence-electron chi connectivity index (χ4n) is 3.57. The summed E-state index contributed by atoms with van der Waals surface area (Å²) in [6, 6.07) is 3.29. The van der Waals surface area contributed by atoms with Gasteiger partial charge >= 0.3 is 18.4 Å². The number of nitrogens with zero attached hydrogens (tertiary/aromatic N) is 2. The quantitative estimate of drug-likeness (QED) is 0.581. The molecule has 0 aromatic heterocycles. The fraction of sp³-hybridized carbons (Fsp3) is 0.364. The molecule has 1 fully saturated rings. The summed E-state index contributed by atoms with van der Waals surface area (Å²) in [7, 11) is 0. The Balaban J connectivity index is 2.21. The maximum Gasteiger partial charge on any atom is 0.420 e. The number of hydrogen-bond donors (Lipinski definition) is 2. The van der Waals surface area contributed by atoms with Gasteiger partial charge in [-0.3, -0.25) is 9.69 Å². The van der Waals surface area contributed by atoms with Crippen molar-refractivity contribution in [2.75, 3.05) is 16.3 Å². The van der Waals surface area contributed by atoms with Crippen LogP contribution in [0.5, 0.6) is 5.75 Å². The standard InChI is InChI=1S/C22H19F7N2O5/c1-10(2)31(13-5-3-12(23)4-6-13)20(35)36-18-14(22(27,28)29)7-11(21(24,25)26)8-15(18)30-9-16(32)17(33)19(30)34/h3-8,10,16-17,32-33H,9H2,1-2H3/t16-,17-/m0/s1. The van der Waals surface area contributed by atoms with Gasteiger partial charge in [0.1, 0.15) is 17.5 Å². The van der Waals surface area contributed by atoms with Crippen LogP contribution in [0.15, 0.2) is 36.4 Å². The normalized spacial score (nSPS) is 18.7. The third-order valence-corrected chi connectivity index (χ3v) is 5.25. The molecule has 0 radical (unpaired) electrons. The highest BCUT2D eigenvalue weighted by molar-refractivity contribution is 6.01. The van der Waals surface area contributed by atoms with Gasteiger partial charge in [0.25, 0.3) is 5.91 Å². The third-order valence-electron chi connectivity index (χ3n) is 5.25. The smallest absolute Gasteiger partial charge is 0.407 e. The molecule has 2 amide bonds. The summed E-state index contributed by atoms with van der Waals surface area (Å²) in [5, 5.41) is 19.5. The van der Waals surface area contributed by atoms with Crippen molar-refractivity contribution >= 4 is 23.4 Å². The molecule has 1 heterocycles. The van der Waals surface area contributed by atoms with Crippen molar-refractivity contribution < 1.29 is 55.3 Å². The number of halogens is 7. The molecular weight excluding hydrogens is 505 g/mol. The average molecular weight is 524 g/mol. The van der Waals surface area contributed by atoms with Crippen LogP contribution in [0, 0.1) is 5.82 Å². The van der Waals surface area contributed by atoms with Crippen LogP contribution in [0.4, 0.5) is 46.9 Å². The molecule has 14 heteroatoms. The number of carbonyl (C=O) groups is 2. The minimum atomic E-state index is -5.48. The van der Waals surface area contributed by atoms with E-state index in [4.69, 9.17) is 4.74 Å². The zero-order valence-electron chi connectivity index (χ0n) is 18.6. The number of β-amino-alcohol motifs (C(OH)–C–C–N with tert-alkyl or cyclic N) is 1. The van der Waals surface area contributed by atoms with Gasteiger partial charge in [-0.2, -0.15) is 26.3 Å². The monoisotopic (exact) mass is 524 g/mol. The number of aliphatic hydroxyl groups excluding tert-OH is 2. The Morgan fingerprint density at radius 1 is 1.06 bits per heavy atom. The average Bonchev–Trinajstić information content (AvgIpc) is 3.00. The molecule has 0 bridgehead atoms. The third kappa shape index (κ3) is 5.38. The second-order valence-corrected chi connectivity index (χ2v) is 8.14. The second kappa shape index (κ2) is 9.58. The Morgan fingerprint density at radius 3 is 2.08 bits per heavy atom. The SMILES string of the molecule is CC(C)N(C(=O)Oc1c(N2C[C@H](O)[C@H](O)C2=O)cc(C(F)(F)F)cc1C(F)(F)F)c1ccc(F)cc1. The van der Waals surface area contributed by atoms with Crippen molar-refractivity contribution in [1.29, 1.82) is 0 Å². The van der Waals surface area contributed by atoms with E-state index in [0.717, 1.165) is 29.2 Å². The number of rotatable bonds is 4. The second-order valence-electron chi connectivity index (χ2n) is 8.14. The van der Waals surface area contributed by atoms with Gasteiger partial charge in [0, 0.05) is 11.7 Å². The predicted molar refractivity (Wildman–Crippen MR) is 111 cm³/mol. The van der Waals surface area contributed by atoms with Crippen LogP contribution in [0.2, 0.25) is 0 Å². The van der Waals surface area contributed by atoms with Crippen LogP contribution in [0.1, 0.15) is 25.0 Å². The Hall–Kier alpha value is -3.39. The molecule has 196 valence electrons. The Labute approximate surface area is 199 Å². The minimum absolute atomic E-state index is 0.00140. The number of anilines is 2. The molecule has 2 N–H and O–H groups in total. The van der Waals surface area contributed by atoms with E-state index in [0.29, 0.717) is 0 Å². The Kier molecular flexibility index (Phi) is 7.24. The molecule has 0 unspecified atom stereocenters. The van der Waals surface area contributed by atoms with Gasteiger partial charge in [0.05, 0.1) is 17.8 Å². The maximum atomic E-state index is 13.9. The highest BCUT2D eigenvalue weighted by atomic mass is 19.4. The number of alkyl halides is 6. The van der Waals surface area contributed by atoms with E-state index in [-0.39, 0.29) is 22.7 Å². The maximum absolute atomic E-state index is 13.9. The van der Waals surface area contributed by atoms with Gasteiger partial charge < -0.3 is 19.8 Å². The van der Waals surface area contributed by atoms with Crippen LogP contribution in [-0.2, 0) is 17.1 Å². The highest BCUT2D eigenvalue weighted by Gasteiger charge is 2.46. The molecule has 0 spiro atoms. The fourth-order valence-corrected chi connectivity index (χ4v) is 3.57. The Bertz CT molecular complexity index is 1150. The van der Waals surface area contributed by atoms with Crippen LogP contribution >= 0.6 is 0 Å². The van der Waals surface area contributed by atoms with Gasteiger partial charge in [-0.05, 0) is 50.2 Å². The van der Waals surface area contributed by atoms with Crippen molar-refractivity contribution in [3.63, 3.8) is 0 Å². The topological polar surface area (TPSA) is 90.3 Å². The zero-order chi connectivity index (χ0) is 27.2. The molecule has 1 aliphatic heterocycles. The molecule has 3 rings (SSSR count). The van der Waals surface area contributed by atoms with Gasteiger partial charge in [0.2, 0.25) is 0 Å². The molecule has 0 saturated carbocycles. The summed E-state index contributed by atoms with van der Waals surface area (Å²) in [4.78, 5) is 26.4. The first-order valence-corrected chi connectivity index (χ1v) is 10.3. The molecule has 0 aliphatic carbocycles. The van der Waals surface area contributed by atoms with E-state index < -0.39 is 77.5 Å². The minimum Gasteiger partial charge on any atom is -0.407 e. The Morgan fingerprint density at radius 2 is 1.64 bits per heavy atom.